The van der Waals surface area contributed by atoms with Crippen molar-refractivity contribution in [1.82, 2.24) is 4.90 Å². The van der Waals surface area contributed by atoms with E-state index >= 15 is 0 Å². The van der Waals surface area contributed by atoms with E-state index < -0.39 is 0 Å². The molecule has 1 spiro atoms. The van der Waals surface area contributed by atoms with Crippen LogP contribution in [0.4, 0.5) is 0 Å². The SMILES string of the molecule is CC1=C2C[C@H]3C(CC[C@@H]4CC(=O)CC[C@@]43C)[C@@H]2CC[C@@]2(C1)O[C@@H]1C[C@H](C)CN(CCN)[C@H]1[C@H]2C. The fourth-order valence-electron chi connectivity index (χ4n) is 10.4. The Morgan fingerprint density at radius 2 is 1.97 bits per heavy atom. The molecule has 190 valence electrons. The highest BCUT2D eigenvalue weighted by Crippen LogP contribution is 2.65. The maximum atomic E-state index is 12.2. The van der Waals surface area contributed by atoms with Gasteiger partial charge >= 0.3 is 0 Å². The Bertz CT molecular complexity index is 868. The van der Waals surface area contributed by atoms with Crippen molar-refractivity contribution in [1.29, 1.82) is 0 Å². The summed E-state index contributed by atoms with van der Waals surface area (Å²) >= 11 is 0. The molecule has 4 nitrogen and oxygen atoms in total. The number of likely N-dealkylation sites (tertiary alicyclic amines) is 1. The standard InChI is InChI=1S/C30H48N2O2/c1-18-13-27-28(32(17-18)12-11-31)20(3)30(34-27)10-8-23-24-6-5-21-14-22(33)7-9-29(21,4)26(24)15-25(23)19(2)16-30/h18,20-21,23-24,26-28H,5-17,31H2,1-4H3/t18-,20+,21+,23-,24?,26-,27+,28-,29-,30-/m0/s1. The number of hydrogen-bond donors (Lipinski definition) is 1. The van der Waals surface area contributed by atoms with Gasteiger partial charge in [-0.3, -0.25) is 9.69 Å². The molecular weight excluding hydrogens is 420 g/mol. The number of ketones is 1. The summed E-state index contributed by atoms with van der Waals surface area (Å²) in [5, 5.41) is 0. The van der Waals surface area contributed by atoms with Gasteiger partial charge in [-0.05, 0) is 93.3 Å². The zero-order chi connectivity index (χ0) is 23.8. The number of carbonyl (C=O) groups excluding carboxylic acids is 1. The molecule has 2 saturated heterocycles. The Morgan fingerprint density at radius 1 is 1.15 bits per heavy atom. The monoisotopic (exact) mass is 468 g/mol. The van der Waals surface area contributed by atoms with Crippen molar-refractivity contribution in [2.75, 3.05) is 19.6 Å². The number of allylic oxidation sites excluding steroid dienone is 1. The molecule has 0 amide bonds. The van der Waals surface area contributed by atoms with Crippen molar-refractivity contribution < 1.29 is 9.53 Å². The lowest BCUT2D eigenvalue weighted by Crippen LogP contribution is -2.53. The Hall–Kier alpha value is -0.710. The van der Waals surface area contributed by atoms with E-state index in [9.17, 15) is 4.79 Å². The van der Waals surface area contributed by atoms with Gasteiger partial charge in [0.1, 0.15) is 5.78 Å². The molecule has 0 radical (unpaired) electrons. The minimum absolute atomic E-state index is 0.0154. The van der Waals surface area contributed by atoms with Crippen LogP contribution >= 0.6 is 0 Å². The first-order valence-electron chi connectivity index (χ1n) is 14.6. The summed E-state index contributed by atoms with van der Waals surface area (Å²) in [6, 6.07) is 0.539. The van der Waals surface area contributed by atoms with Crippen molar-refractivity contribution in [2.45, 2.75) is 110 Å². The van der Waals surface area contributed by atoms with E-state index in [2.05, 4.69) is 32.6 Å². The molecule has 1 unspecified atom stereocenters. The molecular formula is C30H48N2O2. The summed E-state index contributed by atoms with van der Waals surface area (Å²) in [7, 11) is 0. The lowest BCUT2D eigenvalue weighted by atomic mass is 9.52. The second-order valence-corrected chi connectivity index (χ2v) is 13.7. The molecule has 2 aliphatic heterocycles. The molecule has 3 saturated carbocycles. The number of nitrogens with zero attached hydrogens (tertiary/aromatic N) is 1. The van der Waals surface area contributed by atoms with Crippen LogP contribution < -0.4 is 5.73 Å². The first kappa shape index (κ1) is 23.7. The maximum Gasteiger partial charge on any atom is 0.133 e. The van der Waals surface area contributed by atoms with Crippen molar-refractivity contribution in [3.8, 4) is 0 Å². The summed E-state index contributed by atoms with van der Waals surface area (Å²) in [5.74, 6) is 4.82. The van der Waals surface area contributed by atoms with Crippen LogP contribution in [0.2, 0.25) is 0 Å². The fourth-order valence-corrected chi connectivity index (χ4v) is 10.4. The average molecular weight is 469 g/mol. The number of hydrogen-bond acceptors (Lipinski definition) is 4. The van der Waals surface area contributed by atoms with Crippen molar-refractivity contribution >= 4 is 5.78 Å². The van der Waals surface area contributed by atoms with Crippen LogP contribution in [0.15, 0.2) is 11.1 Å². The predicted octanol–water partition coefficient (Wildman–Crippen LogP) is 5.35. The average Bonchev–Trinajstić information content (AvgIpc) is 3.25. The Labute approximate surface area is 207 Å². The second-order valence-electron chi connectivity index (χ2n) is 13.7. The van der Waals surface area contributed by atoms with Crippen molar-refractivity contribution in [3.63, 3.8) is 0 Å². The lowest BCUT2D eigenvalue weighted by Gasteiger charge is -2.52. The highest BCUT2D eigenvalue weighted by atomic mass is 16.5. The number of piperidine rings is 1. The summed E-state index contributed by atoms with van der Waals surface area (Å²) < 4.78 is 7.17. The number of rotatable bonds is 2. The van der Waals surface area contributed by atoms with Gasteiger partial charge in [0, 0.05) is 44.4 Å². The van der Waals surface area contributed by atoms with Gasteiger partial charge in [0.2, 0.25) is 0 Å². The van der Waals surface area contributed by atoms with Crippen LogP contribution in [0.3, 0.4) is 0 Å². The van der Waals surface area contributed by atoms with Crippen molar-refractivity contribution in [2.24, 2.45) is 46.7 Å². The van der Waals surface area contributed by atoms with Crippen LogP contribution in [-0.2, 0) is 9.53 Å². The third-order valence-electron chi connectivity index (χ3n) is 12.1. The number of fused-ring (bicyclic) bond motifs is 6. The fraction of sp³-hybridized carbons (Fsp3) is 0.900. The van der Waals surface area contributed by atoms with Gasteiger partial charge < -0.3 is 10.5 Å². The van der Waals surface area contributed by atoms with Gasteiger partial charge in [-0.25, -0.2) is 0 Å². The number of ether oxygens (including phenoxy) is 1. The topological polar surface area (TPSA) is 55.6 Å². The van der Waals surface area contributed by atoms with Crippen LogP contribution in [0, 0.1) is 40.9 Å². The molecule has 0 aromatic rings. The summed E-state index contributed by atoms with van der Waals surface area (Å²) in [5.41, 5.74) is 9.90. The normalized spacial score (nSPS) is 51.1. The van der Waals surface area contributed by atoms with Gasteiger partial charge in [0.05, 0.1) is 11.7 Å². The van der Waals surface area contributed by atoms with E-state index in [0.29, 0.717) is 41.1 Å². The van der Waals surface area contributed by atoms with Gasteiger partial charge in [0.15, 0.2) is 0 Å². The zero-order valence-electron chi connectivity index (χ0n) is 22.2. The van der Waals surface area contributed by atoms with Crippen LogP contribution in [0.25, 0.3) is 0 Å². The van der Waals surface area contributed by atoms with E-state index in [4.69, 9.17) is 10.5 Å². The molecule has 5 fully saturated rings. The smallest absolute Gasteiger partial charge is 0.133 e. The summed E-state index contributed by atoms with van der Waals surface area (Å²) in [6.45, 7) is 12.8. The van der Waals surface area contributed by atoms with Crippen LogP contribution in [-0.4, -0.2) is 48.1 Å². The molecule has 6 rings (SSSR count). The Morgan fingerprint density at radius 3 is 2.76 bits per heavy atom. The first-order valence-corrected chi connectivity index (χ1v) is 14.6. The highest BCUT2D eigenvalue weighted by Gasteiger charge is 2.60. The van der Waals surface area contributed by atoms with E-state index in [1.807, 2.05) is 5.57 Å². The number of nitrogens with two attached hydrogens (primary N) is 1. The molecule has 4 aliphatic carbocycles. The molecule has 10 atom stereocenters. The highest BCUT2D eigenvalue weighted by molar-refractivity contribution is 5.79. The molecule has 2 heterocycles. The van der Waals surface area contributed by atoms with Gasteiger partial charge in [-0.2, -0.15) is 0 Å². The third kappa shape index (κ3) is 3.44. The first-order chi connectivity index (χ1) is 16.3. The molecule has 6 aliphatic rings. The Balaban J connectivity index is 1.27. The minimum Gasteiger partial charge on any atom is -0.369 e. The van der Waals surface area contributed by atoms with E-state index in [-0.39, 0.29) is 5.60 Å². The molecule has 0 aromatic heterocycles. The summed E-state index contributed by atoms with van der Waals surface area (Å²) in [6.07, 6.45) is 12.0. The molecule has 0 aromatic carbocycles. The number of carbonyl (C=O) groups is 1. The third-order valence-corrected chi connectivity index (χ3v) is 12.1. The summed E-state index contributed by atoms with van der Waals surface area (Å²) in [4.78, 5) is 14.9. The number of Topliss-reactive ketones (excluding diaryl/α,β-unsaturated/α-hetero) is 1. The minimum atomic E-state index is 0.0154. The molecule has 0 bridgehead atoms. The van der Waals surface area contributed by atoms with E-state index in [0.717, 1.165) is 56.5 Å². The zero-order valence-corrected chi connectivity index (χ0v) is 22.2. The van der Waals surface area contributed by atoms with Crippen LogP contribution in [0.5, 0.6) is 0 Å². The van der Waals surface area contributed by atoms with Crippen LogP contribution in [0.1, 0.15) is 91.9 Å². The molecule has 2 N–H and O–H groups in total. The Kier molecular flexibility index (Phi) is 5.86. The quantitative estimate of drug-likeness (QED) is 0.555. The van der Waals surface area contributed by atoms with E-state index in [1.165, 1.54) is 45.1 Å². The predicted molar refractivity (Wildman–Crippen MR) is 136 cm³/mol. The van der Waals surface area contributed by atoms with Crippen molar-refractivity contribution in [3.05, 3.63) is 11.1 Å². The maximum absolute atomic E-state index is 12.2. The van der Waals surface area contributed by atoms with E-state index in [1.54, 1.807) is 5.57 Å². The van der Waals surface area contributed by atoms with Gasteiger partial charge in [0.25, 0.3) is 0 Å². The molecule has 4 heteroatoms. The lowest BCUT2D eigenvalue weighted by molar-refractivity contribution is -0.129. The second kappa shape index (κ2) is 8.42. The molecule has 34 heavy (non-hydrogen) atoms. The largest absolute Gasteiger partial charge is 0.369 e. The van der Waals surface area contributed by atoms with Gasteiger partial charge in [-0.15, -0.1) is 0 Å². The van der Waals surface area contributed by atoms with Gasteiger partial charge in [-0.1, -0.05) is 31.9 Å².